The molecule has 1 aliphatic carbocycles. The molecule has 0 aromatic carbocycles. The van der Waals surface area contributed by atoms with Gasteiger partial charge in [-0.3, -0.25) is 4.79 Å². The zero-order valence-corrected chi connectivity index (χ0v) is 11.1. The van der Waals surface area contributed by atoms with Crippen LogP contribution < -0.4 is 10.2 Å². The maximum absolute atomic E-state index is 11.8. The molecule has 1 saturated carbocycles. The third kappa shape index (κ3) is 2.46. The molecule has 1 saturated heterocycles. The summed E-state index contributed by atoms with van der Waals surface area (Å²) in [7, 11) is 1.63. The Bertz CT molecular complexity index is 440. The number of carbonyl (C=O) groups excluding carboxylic acids is 1. The lowest BCUT2D eigenvalue weighted by Crippen LogP contribution is -2.54. The summed E-state index contributed by atoms with van der Waals surface area (Å²) in [4.78, 5) is 18.2. The highest BCUT2D eigenvalue weighted by molar-refractivity contribution is 7.09. The van der Waals surface area contributed by atoms with Gasteiger partial charge in [0.15, 0.2) is 5.82 Å². The quantitative estimate of drug-likeness (QED) is 0.837. The molecule has 0 bridgehead atoms. The van der Waals surface area contributed by atoms with Crippen LogP contribution in [-0.2, 0) is 16.1 Å². The Balaban J connectivity index is 1.49. The van der Waals surface area contributed by atoms with Gasteiger partial charge in [-0.1, -0.05) is 0 Å². The predicted octanol–water partition coefficient (Wildman–Crippen LogP) is 0.399. The van der Waals surface area contributed by atoms with E-state index in [1.807, 2.05) is 0 Å². The van der Waals surface area contributed by atoms with Gasteiger partial charge in [-0.2, -0.15) is 4.37 Å². The number of anilines is 1. The van der Waals surface area contributed by atoms with Gasteiger partial charge in [-0.05, 0) is 12.8 Å². The van der Waals surface area contributed by atoms with Crippen molar-refractivity contribution in [1.82, 2.24) is 14.7 Å². The Labute approximate surface area is 110 Å². The molecule has 1 aromatic rings. The summed E-state index contributed by atoms with van der Waals surface area (Å²) < 4.78 is 9.18. The van der Waals surface area contributed by atoms with Crippen molar-refractivity contribution in [2.75, 3.05) is 25.1 Å². The highest BCUT2D eigenvalue weighted by atomic mass is 32.1. The molecule has 0 atom stereocenters. The molecule has 2 fully saturated rings. The minimum absolute atomic E-state index is 0.111. The Morgan fingerprint density at radius 2 is 2.33 bits per heavy atom. The van der Waals surface area contributed by atoms with Crippen molar-refractivity contribution in [3.8, 4) is 0 Å². The van der Waals surface area contributed by atoms with E-state index < -0.39 is 0 Å². The van der Waals surface area contributed by atoms with Gasteiger partial charge in [0.1, 0.15) is 6.61 Å². The highest BCUT2D eigenvalue weighted by Gasteiger charge is 2.36. The zero-order valence-electron chi connectivity index (χ0n) is 10.3. The monoisotopic (exact) mass is 268 g/mol. The second kappa shape index (κ2) is 4.81. The Morgan fingerprint density at radius 1 is 1.56 bits per heavy atom. The first-order valence-electron chi connectivity index (χ1n) is 6.13. The Morgan fingerprint density at radius 3 is 3.00 bits per heavy atom. The number of amides is 1. The van der Waals surface area contributed by atoms with Gasteiger partial charge >= 0.3 is 0 Å². The average Bonchev–Trinajstić information content (AvgIpc) is 2.96. The first-order valence-corrected chi connectivity index (χ1v) is 6.90. The second-order valence-electron chi connectivity index (χ2n) is 4.81. The van der Waals surface area contributed by atoms with Crippen molar-refractivity contribution >= 4 is 22.6 Å². The van der Waals surface area contributed by atoms with Gasteiger partial charge in [0.25, 0.3) is 0 Å². The summed E-state index contributed by atoms with van der Waals surface area (Å²) in [5, 5.41) is 3.92. The van der Waals surface area contributed by atoms with Crippen molar-refractivity contribution in [2.45, 2.75) is 25.5 Å². The Kier molecular flexibility index (Phi) is 3.17. The summed E-state index contributed by atoms with van der Waals surface area (Å²) >= 11 is 1.37. The van der Waals surface area contributed by atoms with Gasteiger partial charge in [0.05, 0.1) is 5.92 Å². The Hall–Kier alpha value is -1.21. The summed E-state index contributed by atoms with van der Waals surface area (Å²) in [6.45, 7) is 1.94. The molecule has 7 heteroatoms. The molecular formula is C11H16N4O2S. The van der Waals surface area contributed by atoms with E-state index in [2.05, 4.69) is 19.6 Å². The fraction of sp³-hybridized carbons (Fsp3) is 0.727. The van der Waals surface area contributed by atoms with Gasteiger partial charge < -0.3 is 15.0 Å². The van der Waals surface area contributed by atoms with E-state index in [0.29, 0.717) is 18.5 Å². The lowest BCUT2D eigenvalue weighted by atomic mass is 10.0. The van der Waals surface area contributed by atoms with Crippen molar-refractivity contribution < 1.29 is 9.53 Å². The van der Waals surface area contributed by atoms with Crippen LogP contribution in [0.15, 0.2) is 0 Å². The summed E-state index contributed by atoms with van der Waals surface area (Å²) in [5.41, 5.74) is 0. The fourth-order valence-corrected chi connectivity index (χ4v) is 2.60. The van der Waals surface area contributed by atoms with Crippen LogP contribution in [0.5, 0.6) is 0 Å². The first-order chi connectivity index (χ1) is 8.76. The number of ether oxygens (including phenoxy) is 1. The number of hydrogen-bond donors (Lipinski definition) is 1. The lowest BCUT2D eigenvalue weighted by molar-refractivity contribution is -0.125. The van der Waals surface area contributed by atoms with E-state index in [9.17, 15) is 4.79 Å². The molecule has 6 nitrogen and oxygen atoms in total. The number of hydrogen-bond acceptors (Lipinski definition) is 6. The van der Waals surface area contributed by atoms with Crippen LogP contribution in [0.2, 0.25) is 0 Å². The van der Waals surface area contributed by atoms with E-state index in [-0.39, 0.29) is 11.8 Å². The predicted molar refractivity (Wildman–Crippen MR) is 67.5 cm³/mol. The maximum atomic E-state index is 11.8. The molecule has 98 valence electrons. The van der Waals surface area contributed by atoms with Crippen LogP contribution in [0.3, 0.4) is 0 Å². The van der Waals surface area contributed by atoms with Crippen molar-refractivity contribution in [3.05, 3.63) is 5.82 Å². The molecule has 3 rings (SSSR count). The van der Waals surface area contributed by atoms with Crippen LogP contribution in [0.4, 0.5) is 5.13 Å². The molecule has 1 aliphatic heterocycles. The van der Waals surface area contributed by atoms with Gasteiger partial charge in [-0.25, -0.2) is 4.98 Å². The van der Waals surface area contributed by atoms with Crippen LogP contribution in [0.1, 0.15) is 18.7 Å². The minimum Gasteiger partial charge on any atom is -0.377 e. The van der Waals surface area contributed by atoms with E-state index in [1.54, 1.807) is 7.11 Å². The summed E-state index contributed by atoms with van der Waals surface area (Å²) in [6, 6.07) is 0.446. The standard InChI is InChI=1S/C11H16N4O2S/c1-17-6-9-13-11(18-14-9)15-4-7(5-15)10(16)12-8-2-3-8/h7-8H,2-6H2,1H3,(H,12,16). The van der Waals surface area contributed by atoms with Crippen LogP contribution in [0.25, 0.3) is 0 Å². The number of carbonyl (C=O) groups is 1. The lowest BCUT2D eigenvalue weighted by Gasteiger charge is -2.37. The average molecular weight is 268 g/mol. The topological polar surface area (TPSA) is 67.3 Å². The SMILES string of the molecule is COCc1nsc(N2CC(C(=O)NC3CC3)C2)n1. The molecule has 1 N–H and O–H groups in total. The van der Waals surface area contributed by atoms with Gasteiger partial charge in [0.2, 0.25) is 11.0 Å². The molecule has 2 aliphatic rings. The number of nitrogens with one attached hydrogen (secondary N) is 1. The largest absolute Gasteiger partial charge is 0.377 e. The van der Waals surface area contributed by atoms with E-state index >= 15 is 0 Å². The zero-order chi connectivity index (χ0) is 12.5. The van der Waals surface area contributed by atoms with E-state index in [4.69, 9.17) is 4.74 Å². The second-order valence-corrected chi connectivity index (χ2v) is 5.54. The molecule has 1 amide bonds. The highest BCUT2D eigenvalue weighted by Crippen LogP contribution is 2.27. The molecule has 18 heavy (non-hydrogen) atoms. The van der Waals surface area contributed by atoms with Crippen molar-refractivity contribution in [2.24, 2.45) is 5.92 Å². The summed E-state index contributed by atoms with van der Waals surface area (Å²) in [6.07, 6.45) is 2.28. The van der Waals surface area contributed by atoms with Crippen LogP contribution in [-0.4, -0.2) is 41.5 Å². The number of methoxy groups -OCH3 is 1. The maximum Gasteiger partial charge on any atom is 0.226 e. The van der Waals surface area contributed by atoms with Crippen LogP contribution in [0, 0.1) is 5.92 Å². The number of aromatic nitrogens is 2. The molecule has 1 aromatic heterocycles. The minimum atomic E-state index is 0.111. The molecular weight excluding hydrogens is 252 g/mol. The molecule has 0 radical (unpaired) electrons. The summed E-state index contributed by atoms with van der Waals surface area (Å²) in [5.74, 6) is 1.01. The normalized spacial score (nSPS) is 19.7. The van der Waals surface area contributed by atoms with Gasteiger partial charge in [0, 0.05) is 37.8 Å². The van der Waals surface area contributed by atoms with Crippen molar-refractivity contribution in [3.63, 3.8) is 0 Å². The number of rotatable bonds is 5. The molecule has 0 unspecified atom stereocenters. The molecule has 0 spiro atoms. The third-order valence-corrected chi connectivity index (χ3v) is 3.99. The number of nitrogens with zero attached hydrogens (tertiary/aromatic N) is 3. The smallest absolute Gasteiger partial charge is 0.226 e. The molecule has 2 heterocycles. The van der Waals surface area contributed by atoms with Gasteiger partial charge in [-0.15, -0.1) is 0 Å². The first kappa shape index (κ1) is 11.9. The van der Waals surface area contributed by atoms with Crippen LogP contribution >= 0.6 is 11.5 Å². The van der Waals surface area contributed by atoms with E-state index in [1.165, 1.54) is 11.5 Å². The van der Waals surface area contributed by atoms with Crippen molar-refractivity contribution in [1.29, 1.82) is 0 Å². The fourth-order valence-electron chi connectivity index (χ4n) is 1.91. The van der Waals surface area contributed by atoms with E-state index in [0.717, 1.165) is 31.1 Å². The third-order valence-electron chi connectivity index (χ3n) is 3.18.